The largest absolute Gasteiger partial charge is 0.396 e. The van der Waals surface area contributed by atoms with Crippen LogP contribution in [0.1, 0.15) is 17.5 Å². The van der Waals surface area contributed by atoms with Gasteiger partial charge >= 0.3 is 0 Å². The molecule has 0 aliphatic carbocycles. The highest BCUT2D eigenvalue weighted by Gasteiger charge is 1.99. The van der Waals surface area contributed by atoms with Crippen LogP contribution in [0, 0.1) is 5.82 Å². The summed E-state index contributed by atoms with van der Waals surface area (Å²) in [5.74, 6) is -0.353. The van der Waals surface area contributed by atoms with Gasteiger partial charge in [-0.2, -0.15) is 0 Å². The summed E-state index contributed by atoms with van der Waals surface area (Å²) in [5.41, 5.74) is 1.33. The predicted octanol–water partition coefficient (Wildman–Crippen LogP) is 1.71. The van der Waals surface area contributed by atoms with Crippen molar-refractivity contribution in [3.05, 3.63) is 41.2 Å². The Kier molecular flexibility index (Phi) is 4.29. The lowest BCUT2D eigenvalue weighted by molar-refractivity contribution is 0.281. The quantitative estimate of drug-likeness (QED) is 0.769. The van der Waals surface area contributed by atoms with Crippen molar-refractivity contribution in [1.29, 1.82) is 0 Å². The lowest BCUT2D eigenvalue weighted by Gasteiger charge is -2.02. The summed E-state index contributed by atoms with van der Waals surface area (Å²) in [4.78, 5) is 0. The fraction of sp³-hybridized carbons (Fsp3) is 0.273. The fourth-order valence-electron chi connectivity index (χ4n) is 1.16. The van der Waals surface area contributed by atoms with Gasteiger partial charge in [0.25, 0.3) is 0 Å². The zero-order valence-electron chi connectivity index (χ0n) is 7.78. The molecule has 0 radical (unpaired) electrons. The van der Waals surface area contributed by atoms with Crippen LogP contribution in [0.15, 0.2) is 24.3 Å². The highest BCUT2D eigenvalue weighted by molar-refractivity contribution is 5.53. The molecule has 14 heavy (non-hydrogen) atoms. The Balaban J connectivity index is 2.85. The summed E-state index contributed by atoms with van der Waals surface area (Å²) < 4.78 is 12.7. The van der Waals surface area contributed by atoms with Gasteiger partial charge in [-0.3, -0.25) is 0 Å². The zero-order chi connectivity index (χ0) is 10.4. The Morgan fingerprint density at radius 1 is 1.29 bits per heavy atom. The van der Waals surface area contributed by atoms with E-state index in [1.54, 1.807) is 18.2 Å². The second-order valence-corrected chi connectivity index (χ2v) is 2.92. The summed E-state index contributed by atoms with van der Waals surface area (Å²) in [5, 5.41) is 17.5. The van der Waals surface area contributed by atoms with E-state index in [1.807, 2.05) is 0 Å². The van der Waals surface area contributed by atoms with Crippen LogP contribution >= 0.6 is 0 Å². The Labute approximate surface area is 82.3 Å². The SMILES string of the molecule is OCCC=Cc1ccc(F)cc1CO. The van der Waals surface area contributed by atoms with Crippen LogP contribution in [0.5, 0.6) is 0 Å². The van der Waals surface area contributed by atoms with Gasteiger partial charge < -0.3 is 10.2 Å². The second kappa shape index (κ2) is 5.52. The molecule has 3 heteroatoms. The Morgan fingerprint density at radius 3 is 2.71 bits per heavy atom. The summed E-state index contributed by atoms with van der Waals surface area (Å²) in [6, 6.07) is 4.26. The average Bonchev–Trinajstić information content (AvgIpc) is 2.20. The molecule has 0 aliphatic heterocycles. The standard InChI is InChI=1S/C11H13FO2/c12-11-5-4-9(3-1-2-6-13)10(7-11)8-14/h1,3-5,7,13-14H,2,6,8H2. The third-order valence-electron chi connectivity index (χ3n) is 1.87. The Bertz CT molecular complexity index is 321. The van der Waals surface area contributed by atoms with Gasteiger partial charge in [-0.15, -0.1) is 0 Å². The molecule has 0 fully saturated rings. The molecule has 0 aromatic heterocycles. The molecule has 2 nitrogen and oxygen atoms in total. The summed E-state index contributed by atoms with van der Waals surface area (Å²) in [7, 11) is 0. The Hall–Kier alpha value is -1.19. The van der Waals surface area contributed by atoms with Gasteiger partial charge in [0, 0.05) is 6.61 Å². The minimum absolute atomic E-state index is 0.0894. The number of benzene rings is 1. The van der Waals surface area contributed by atoms with Crippen LogP contribution < -0.4 is 0 Å². The molecule has 0 saturated carbocycles. The molecular weight excluding hydrogens is 183 g/mol. The minimum atomic E-state index is -0.353. The van der Waals surface area contributed by atoms with Gasteiger partial charge in [-0.25, -0.2) is 4.39 Å². The van der Waals surface area contributed by atoms with Crippen LogP contribution in [-0.2, 0) is 6.61 Å². The number of halogens is 1. The molecule has 0 amide bonds. The first kappa shape index (κ1) is 10.9. The summed E-state index contributed by atoms with van der Waals surface area (Å²) >= 11 is 0. The third kappa shape index (κ3) is 2.94. The van der Waals surface area contributed by atoms with Gasteiger partial charge in [0.05, 0.1) is 6.61 Å². The number of hydrogen-bond donors (Lipinski definition) is 2. The van der Waals surface area contributed by atoms with Gasteiger partial charge in [-0.05, 0) is 29.7 Å². The monoisotopic (exact) mass is 196 g/mol. The topological polar surface area (TPSA) is 40.5 Å². The van der Waals surface area contributed by atoms with Crippen molar-refractivity contribution >= 4 is 6.08 Å². The summed E-state index contributed by atoms with van der Waals surface area (Å²) in [6.45, 7) is -0.0945. The maximum Gasteiger partial charge on any atom is 0.123 e. The van der Waals surface area contributed by atoms with Crippen LogP contribution in [0.3, 0.4) is 0 Å². The highest BCUT2D eigenvalue weighted by Crippen LogP contribution is 2.13. The van der Waals surface area contributed by atoms with E-state index in [-0.39, 0.29) is 19.0 Å². The lowest BCUT2D eigenvalue weighted by Crippen LogP contribution is -1.90. The van der Waals surface area contributed by atoms with Crippen molar-refractivity contribution in [1.82, 2.24) is 0 Å². The molecule has 0 heterocycles. The molecule has 0 spiro atoms. The van der Waals surface area contributed by atoms with Crippen molar-refractivity contribution in [2.45, 2.75) is 13.0 Å². The first-order chi connectivity index (χ1) is 6.77. The van der Waals surface area contributed by atoms with Gasteiger partial charge in [0.2, 0.25) is 0 Å². The maximum atomic E-state index is 12.7. The first-order valence-electron chi connectivity index (χ1n) is 4.44. The third-order valence-corrected chi connectivity index (χ3v) is 1.87. The average molecular weight is 196 g/mol. The molecule has 76 valence electrons. The van der Waals surface area contributed by atoms with E-state index < -0.39 is 0 Å². The zero-order valence-corrected chi connectivity index (χ0v) is 7.78. The normalized spacial score (nSPS) is 11.1. The van der Waals surface area contributed by atoms with Crippen molar-refractivity contribution in [2.24, 2.45) is 0 Å². The maximum absolute atomic E-state index is 12.7. The molecule has 0 unspecified atom stereocenters. The molecule has 0 saturated heterocycles. The predicted molar refractivity (Wildman–Crippen MR) is 53.1 cm³/mol. The fourth-order valence-corrected chi connectivity index (χ4v) is 1.16. The first-order valence-corrected chi connectivity index (χ1v) is 4.44. The molecule has 0 aliphatic rings. The smallest absolute Gasteiger partial charge is 0.123 e. The van der Waals surface area contributed by atoms with Gasteiger partial charge in [0.1, 0.15) is 5.82 Å². The van der Waals surface area contributed by atoms with E-state index in [0.29, 0.717) is 12.0 Å². The number of rotatable bonds is 4. The molecular formula is C11H13FO2. The number of aliphatic hydroxyl groups excluding tert-OH is 2. The van der Waals surface area contributed by atoms with Crippen molar-refractivity contribution in [3.63, 3.8) is 0 Å². The lowest BCUT2D eigenvalue weighted by atomic mass is 10.1. The van der Waals surface area contributed by atoms with Crippen molar-refractivity contribution < 1.29 is 14.6 Å². The van der Waals surface area contributed by atoms with Crippen LogP contribution in [-0.4, -0.2) is 16.8 Å². The van der Waals surface area contributed by atoms with E-state index in [2.05, 4.69) is 0 Å². The van der Waals surface area contributed by atoms with E-state index in [1.165, 1.54) is 12.1 Å². The van der Waals surface area contributed by atoms with Crippen LogP contribution in [0.4, 0.5) is 4.39 Å². The van der Waals surface area contributed by atoms with Gasteiger partial charge in [-0.1, -0.05) is 18.2 Å². The van der Waals surface area contributed by atoms with Crippen molar-refractivity contribution in [3.8, 4) is 0 Å². The van der Waals surface area contributed by atoms with Gasteiger partial charge in [0.15, 0.2) is 0 Å². The second-order valence-electron chi connectivity index (χ2n) is 2.92. The number of aliphatic hydroxyl groups is 2. The van der Waals surface area contributed by atoms with E-state index >= 15 is 0 Å². The minimum Gasteiger partial charge on any atom is -0.396 e. The molecule has 1 aromatic carbocycles. The van der Waals surface area contributed by atoms with E-state index in [0.717, 1.165) is 5.56 Å². The number of hydrogen-bond acceptors (Lipinski definition) is 2. The molecule has 1 aromatic rings. The molecule has 0 bridgehead atoms. The Morgan fingerprint density at radius 2 is 2.07 bits per heavy atom. The van der Waals surface area contributed by atoms with Crippen LogP contribution in [0.2, 0.25) is 0 Å². The highest BCUT2D eigenvalue weighted by atomic mass is 19.1. The van der Waals surface area contributed by atoms with E-state index in [4.69, 9.17) is 10.2 Å². The summed E-state index contributed by atoms with van der Waals surface area (Å²) in [6.07, 6.45) is 4.11. The molecule has 0 atom stereocenters. The van der Waals surface area contributed by atoms with E-state index in [9.17, 15) is 4.39 Å². The molecule has 2 N–H and O–H groups in total. The van der Waals surface area contributed by atoms with Crippen LogP contribution in [0.25, 0.3) is 6.08 Å². The van der Waals surface area contributed by atoms with Crippen molar-refractivity contribution in [2.75, 3.05) is 6.61 Å². The molecule has 1 rings (SSSR count).